The first-order valence-electron chi connectivity index (χ1n) is 3.36. The van der Waals surface area contributed by atoms with E-state index in [-0.39, 0.29) is 0 Å². The molecule has 5 N–H and O–H groups in total. The third-order valence-electron chi connectivity index (χ3n) is 1.37. The van der Waals surface area contributed by atoms with Crippen LogP contribution in [-0.2, 0) is 9.59 Å². The largest absolute Gasteiger partial charge is 0.479 e. The third-order valence-corrected chi connectivity index (χ3v) is 1.37. The summed E-state index contributed by atoms with van der Waals surface area (Å²) in [6, 6.07) is 0. The van der Waals surface area contributed by atoms with Crippen LogP contribution in [0.25, 0.3) is 0 Å². The predicted octanol–water partition coefficient (Wildman–Crippen LogP) is -2.37. The molecule has 0 unspecified atom stereocenters. The Hall–Kier alpha value is -1.18. The number of aliphatic carboxylic acids is 2. The van der Waals surface area contributed by atoms with E-state index in [1.165, 1.54) is 0 Å². The van der Waals surface area contributed by atoms with Crippen molar-refractivity contribution >= 4 is 11.9 Å². The Labute approximate surface area is 72.9 Å². The average Bonchev–Trinajstić information content (AvgIpc) is 2.02. The smallest absolute Gasteiger partial charge is 0.335 e. The molecule has 0 rings (SSSR count). The zero-order valence-electron chi connectivity index (χ0n) is 6.49. The topological polar surface area (TPSA) is 135 Å². The summed E-state index contributed by atoms with van der Waals surface area (Å²) in [5.41, 5.74) is 0. The van der Waals surface area contributed by atoms with Crippen molar-refractivity contribution in [3.8, 4) is 0 Å². The second-order valence-electron chi connectivity index (χ2n) is 2.44. The molecule has 0 saturated carbocycles. The second kappa shape index (κ2) is 4.75. The van der Waals surface area contributed by atoms with E-state index in [4.69, 9.17) is 25.5 Å². The number of carboxylic acids is 2. The van der Waals surface area contributed by atoms with Crippen molar-refractivity contribution in [3.05, 3.63) is 0 Å². The molecule has 0 aromatic rings. The van der Waals surface area contributed by atoms with Crippen molar-refractivity contribution < 1.29 is 35.1 Å². The van der Waals surface area contributed by atoms with Crippen molar-refractivity contribution in [2.24, 2.45) is 0 Å². The van der Waals surface area contributed by atoms with Crippen LogP contribution < -0.4 is 0 Å². The SMILES string of the molecule is O=C(O)[C@H](O)C[C@@H](O)[C@H](O)C(=O)O. The van der Waals surface area contributed by atoms with E-state index >= 15 is 0 Å². The molecule has 0 aromatic carbocycles. The highest BCUT2D eigenvalue weighted by Crippen LogP contribution is 2.03. The van der Waals surface area contributed by atoms with E-state index in [0.29, 0.717) is 0 Å². The molecule has 0 aliphatic carbocycles. The fourth-order valence-electron chi connectivity index (χ4n) is 0.623. The highest BCUT2D eigenvalue weighted by atomic mass is 16.4. The van der Waals surface area contributed by atoms with Gasteiger partial charge in [0.1, 0.15) is 0 Å². The summed E-state index contributed by atoms with van der Waals surface area (Å²) < 4.78 is 0. The van der Waals surface area contributed by atoms with Gasteiger partial charge in [-0.05, 0) is 0 Å². The molecule has 0 aliphatic rings. The standard InChI is InChI=1S/C6H10O7/c7-2(4(9)6(12)13)1-3(8)5(10)11/h2-4,7-9H,1H2,(H,10,11)(H,12,13)/t2-,3-,4+/m1/s1. The Kier molecular flexibility index (Phi) is 4.32. The van der Waals surface area contributed by atoms with Crippen LogP contribution in [0.2, 0.25) is 0 Å². The van der Waals surface area contributed by atoms with Crippen molar-refractivity contribution in [3.63, 3.8) is 0 Å². The zero-order chi connectivity index (χ0) is 10.6. The molecule has 13 heavy (non-hydrogen) atoms. The van der Waals surface area contributed by atoms with Gasteiger partial charge in [0.25, 0.3) is 0 Å². The van der Waals surface area contributed by atoms with Gasteiger partial charge >= 0.3 is 11.9 Å². The molecule has 7 nitrogen and oxygen atoms in total. The van der Waals surface area contributed by atoms with Gasteiger partial charge in [0, 0.05) is 6.42 Å². The van der Waals surface area contributed by atoms with Crippen LogP contribution in [-0.4, -0.2) is 55.8 Å². The van der Waals surface area contributed by atoms with Crippen molar-refractivity contribution in [1.82, 2.24) is 0 Å². The lowest BCUT2D eigenvalue weighted by Gasteiger charge is -2.14. The molecular formula is C6H10O7. The maximum Gasteiger partial charge on any atom is 0.335 e. The van der Waals surface area contributed by atoms with Gasteiger partial charge in [0.2, 0.25) is 0 Å². The highest BCUT2D eigenvalue weighted by Gasteiger charge is 2.28. The van der Waals surface area contributed by atoms with Crippen LogP contribution in [0.5, 0.6) is 0 Å². The first kappa shape index (κ1) is 11.8. The Balaban J connectivity index is 4.06. The number of aliphatic hydroxyl groups excluding tert-OH is 3. The number of hydrogen-bond donors (Lipinski definition) is 5. The average molecular weight is 194 g/mol. The lowest BCUT2D eigenvalue weighted by Crippen LogP contribution is -2.38. The van der Waals surface area contributed by atoms with Gasteiger partial charge in [0.05, 0.1) is 6.10 Å². The van der Waals surface area contributed by atoms with Crippen molar-refractivity contribution in [2.45, 2.75) is 24.7 Å². The van der Waals surface area contributed by atoms with Crippen LogP contribution in [0.1, 0.15) is 6.42 Å². The normalized spacial score (nSPS) is 17.5. The minimum atomic E-state index is -2.09. The summed E-state index contributed by atoms with van der Waals surface area (Å²) in [6.45, 7) is 0. The molecular weight excluding hydrogens is 184 g/mol. The molecule has 7 heteroatoms. The first-order valence-corrected chi connectivity index (χ1v) is 3.36. The summed E-state index contributed by atoms with van der Waals surface area (Å²) in [5, 5.41) is 42.5. The Morgan fingerprint density at radius 3 is 1.77 bits per heavy atom. The fraction of sp³-hybridized carbons (Fsp3) is 0.667. The van der Waals surface area contributed by atoms with Crippen LogP contribution in [0.15, 0.2) is 0 Å². The van der Waals surface area contributed by atoms with Gasteiger partial charge in [-0.15, -0.1) is 0 Å². The highest BCUT2D eigenvalue weighted by molar-refractivity contribution is 5.74. The number of aliphatic hydroxyl groups is 3. The van der Waals surface area contributed by atoms with E-state index in [0.717, 1.165) is 0 Å². The number of hydrogen-bond acceptors (Lipinski definition) is 5. The van der Waals surface area contributed by atoms with E-state index < -0.39 is 36.7 Å². The van der Waals surface area contributed by atoms with Gasteiger partial charge in [-0.2, -0.15) is 0 Å². The van der Waals surface area contributed by atoms with E-state index in [9.17, 15) is 9.59 Å². The summed E-state index contributed by atoms with van der Waals surface area (Å²) in [6.07, 6.45) is -6.51. The first-order chi connectivity index (χ1) is 5.86. The molecule has 0 amide bonds. The molecule has 0 spiro atoms. The van der Waals surface area contributed by atoms with Crippen LogP contribution >= 0.6 is 0 Å². The second-order valence-corrected chi connectivity index (χ2v) is 2.44. The molecule has 0 fully saturated rings. The quantitative estimate of drug-likeness (QED) is 0.330. The van der Waals surface area contributed by atoms with Crippen LogP contribution in [0.4, 0.5) is 0 Å². The van der Waals surface area contributed by atoms with Gasteiger partial charge in [-0.1, -0.05) is 0 Å². The van der Waals surface area contributed by atoms with E-state index in [2.05, 4.69) is 0 Å². The molecule has 0 aromatic heterocycles. The molecule has 0 bridgehead atoms. The molecule has 0 aliphatic heterocycles. The van der Waals surface area contributed by atoms with Gasteiger partial charge in [-0.3, -0.25) is 0 Å². The molecule has 0 saturated heterocycles. The third kappa shape index (κ3) is 3.83. The summed E-state index contributed by atoms with van der Waals surface area (Å²) in [5.74, 6) is -3.26. The lowest BCUT2D eigenvalue weighted by molar-refractivity contribution is -0.158. The van der Waals surface area contributed by atoms with Crippen LogP contribution in [0, 0.1) is 0 Å². The van der Waals surface area contributed by atoms with Gasteiger partial charge in [-0.25, -0.2) is 9.59 Å². The minimum Gasteiger partial charge on any atom is -0.479 e. The molecule has 0 radical (unpaired) electrons. The maximum atomic E-state index is 10.1. The Bertz CT molecular complexity index is 201. The molecule has 3 atom stereocenters. The number of carbonyl (C=O) groups is 2. The zero-order valence-corrected chi connectivity index (χ0v) is 6.49. The summed E-state index contributed by atoms with van der Waals surface area (Å²) >= 11 is 0. The Morgan fingerprint density at radius 2 is 1.46 bits per heavy atom. The van der Waals surface area contributed by atoms with Crippen molar-refractivity contribution in [1.29, 1.82) is 0 Å². The summed E-state index contributed by atoms with van der Waals surface area (Å²) in [7, 11) is 0. The predicted molar refractivity (Wildman–Crippen MR) is 37.9 cm³/mol. The monoisotopic (exact) mass is 194 g/mol. The van der Waals surface area contributed by atoms with Crippen molar-refractivity contribution in [2.75, 3.05) is 0 Å². The number of rotatable bonds is 5. The van der Waals surface area contributed by atoms with E-state index in [1.807, 2.05) is 0 Å². The molecule has 0 heterocycles. The fourth-order valence-corrected chi connectivity index (χ4v) is 0.623. The number of carboxylic acid groups (broad SMARTS) is 2. The maximum absolute atomic E-state index is 10.1. The Morgan fingerprint density at radius 1 is 1.00 bits per heavy atom. The van der Waals surface area contributed by atoms with Gasteiger partial charge in [0.15, 0.2) is 12.2 Å². The van der Waals surface area contributed by atoms with Crippen LogP contribution in [0.3, 0.4) is 0 Å². The minimum absolute atomic E-state index is 0.733. The van der Waals surface area contributed by atoms with Gasteiger partial charge < -0.3 is 25.5 Å². The summed E-state index contributed by atoms with van der Waals surface area (Å²) in [4.78, 5) is 20.1. The van der Waals surface area contributed by atoms with E-state index in [1.54, 1.807) is 0 Å². The lowest BCUT2D eigenvalue weighted by atomic mass is 10.1. The molecule has 76 valence electrons.